The highest BCUT2D eigenvalue weighted by Gasteiger charge is 2.57. The highest BCUT2D eigenvalue weighted by Crippen LogP contribution is 2.44. The minimum atomic E-state index is -0.845. The first-order chi connectivity index (χ1) is 14.4. The van der Waals surface area contributed by atoms with Crippen LogP contribution < -0.4 is 21.4 Å². The first-order valence-corrected chi connectivity index (χ1v) is 11.3. The Balaban J connectivity index is 1.78. The second-order valence-electron chi connectivity index (χ2n) is 7.27. The van der Waals surface area contributed by atoms with Crippen LogP contribution in [0, 0.1) is 0 Å². The molecule has 0 unspecified atom stereocenters. The summed E-state index contributed by atoms with van der Waals surface area (Å²) >= 11 is 1.54. The van der Waals surface area contributed by atoms with Gasteiger partial charge < -0.3 is 25.8 Å². The van der Waals surface area contributed by atoms with Gasteiger partial charge in [-0.2, -0.15) is 0 Å². The first-order valence-electron chi connectivity index (χ1n) is 10.3. The number of carbonyl (C=O) groups is 3. The molecule has 2 heterocycles. The van der Waals surface area contributed by atoms with Crippen molar-refractivity contribution in [3.8, 4) is 0 Å². The molecule has 2 rings (SSSR count). The van der Waals surface area contributed by atoms with Crippen LogP contribution in [0.5, 0.6) is 0 Å². The van der Waals surface area contributed by atoms with Crippen LogP contribution in [0.2, 0.25) is 0 Å². The molecule has 2 fully saturated rings. The Bertz CT molecular complexity index is 634. The van der Waals surface area contributed by atoms with E-state index < -0.39 is 10.7 Å². The van der Waals surface area contributed by atoms with E-state index in [4.69, 9.17) is 14.7 Å². The minimum absolute atomic E-state index is 0.0742. The number of rotatable bonds is 15. The summed E-state index contributed by atoms with van der Waals surface area (Å²) in [6.45, 7) is 6.94. The first kappa shape index (κ1) is 24.1. The molecular weight excluding hydrogens is 412 g/mol. The molecule has 0 aromatic rings. The van der Waals surface area contributed by atoms with E-state index in [1.165, 1.54) is 11.8 Å². The summed E-state index contributed by atoms with van der Waals surface area (Å²) in [5.41, 5.74) is 2.60. The Morgan fingerprint density at radius 3 is 2.83 bits per heavy atom. The third-order valence-electron chi connectivity index (χ3n) is 5.06. The van der Waals surface area contributed by atoms with Crippen LogP contribution in [-0.4, -0.2) is 65.4 Å². The predicted molar refractivity (Wildman–Crippen MR) is 113 cm³/mol. The van der Waals surface area contributed by atoms with E-state index in [2.05, 4.69) is 28.0 Å². The van der Waals surface area contributed by atoms with Crippen molar-refractivity contribution in [1.82, 2.24) is 21.4 Å². The highest BCUT2D eigenvalue weighted by atomic mass is 32.2. The van der Waals surface area contributed by atoms with Crippen molar-refractivity contribution < 1.29 is 29.1 Å². The van der Waals surface area contributed by atoms with Crippen LogP contribution >= 0.6 is 11.8 Å². The summed E-state index contributed by atoms with van der Waals surface area (Å²) in [6.07, 6.45) is 3.16. The van der Waals surface area contributed by atoms with Gasteiger partial charge in [-0.05, 0) is 39.2 Å². The average molecular weight is 445 g/mol. The normalized spacial score (nSPS) is 24.5. The third-order valence-corrected chi connectivity index (χ3v) is 6.75. The van der Waals surface area contributed by atoms with Gasteiger partial charge in [0.25, 0.3) is 0 Å². The van der Waals surface area contributed by atoms with Gasteiger partial charge in [-0.3, -0.25) is 14.4 Å². The summed E-state index contributed by atoms with van der Waals surface area (Å²) in [6, 6.07) is -0.645. The number of fused-ring (bicyclic) bond motifs is 1. The molecule has 0 aromatic heterocycles. The van der Waals surface area contributed by atoms with Crippen molar-refractivity contribution in [2.45, 2.75) is 62.3 Å². The molecule has 11 heteroatoms. The monoisotopic (exact) mass is 444 g/mol. The molecule has 3 amide bonds. The van der Waals surface area contributed by atoms with E-state index >= 15 is 0 Å². The Morgan fingerprint density at radius 2 is 2.10 bits per heavy atom. The number of thioether (sulfide) groups is 1. The smallest absolute Gasteiger partial charge is 0.315 e. The van der Waals surface area contributed by atoms with Crippen LogP contribution in [0.3, 0.4) is 0 Å². The zero-order chi connectivity index (χ0) is 22.0. The van der Waals surface area contributed by atoms with E-state index in [1.54, 1.807) is 0 Å². The van der Waals surface area contributed by atoms with Gasteiger partial charge in [0, 0.05) is 18.7 Å². The largest absolute Gasteiger partial charge is 0.481 e. The lowest BCUT2D eigenvalue weighted by molar-refractivity contribution is -0.137. The molecule has 0 spiro atoms. The van der Waals surface area contributed by atoms with E-state index in [0.717, 1.165) is 12.8 Å². The minimum Gasteiger partial charge on any atom is -0.481 e. The van der Waals surface area contributed by atoms with Crippen molar-refractivity contribution in [2.75, 3.05) is 25.5 Å². The van der Waals surface area contributed by atoms with Crippen molar-refractivity contribution in [3.05, 3.63) is 12.5 Å². The number of hydrogen-bond donors (Lipinski definition) is 5. The van der Waals surface area contributed by atoms with Crippen molar-refractivity contribution in [3.63, 3.8) is 0 Å². The molecule has 2 aliphatic rings. The topological polar surface area (TPSA) is 138 Å². The maximum absolute atomic E-state index is 13.1. The molecule has 3 atom stereocenters. The van der Waals surface area contributed by atoms with Crippen molar-refractivity contribution >= 4 is 29.7 Å². The Labute approximate surface area is 180 Å². The van der Waals surface area contributed by atoms with E-state index in [0.29, 0.717) is 50.7 Å². The second kappa shape index (κ2) is 11.9. The van der Waals surface area contributed by atoms with Gasteiger partial charge in [-0.1, -0.05) is 6.42 Å². The number of carboxylic acid groups (broad SMARTS) is 1. The second-order valence-corrected chi connectivity index (χ2v) is 8.62. The van der Waals surface area contributed by atoms with Crippen molar-refractivity contribution in [1.29, 1.82) is 0 Å². The lowest BCUT2D eigenvalue weighted by Gasteiger charge is -2.32. The number of amides is 3. The standard InChI is InChI=1S/C19H32N4O6S/c1-3-28-13(2)23-29-11-7-6-10-20-17(26)19(9-5-4-8-15(24)25)16-14(12-30-19)21-18(27)22-16/h14,16,23H,2-12H2,1H3,(H,20,26)(H,24,25)(H2,21,22,27)/t14-,16-,19-/m0/s1. The molecular formula is C19H32N4O6S. The quantitative estimate of drug-likeness (QED) is 0.110. The molecule has 170 valence electrons. The van der Waals surface area contributed by atoms with Gasteiger partial charge in [0.2, 0.25) is 11.8 Å². The van der Waals surface area contributed by atoms with Crippen LogP contribution in [0.15, 0.2) is 12.5 Å². The predicted octanol–water partition coefficient (Wildman–Crippen LogP) is 1.09. The molecule has 0 saturated carbocycles. The lowest BCUT2D eigenvalue weighted by atomic mass is 9.88. The summed E-state index contributed by atoms with van der Waals surface area (Å²) in [5, 5.41) is 17.6. The van der Waals surface area contributed by atoms with Crippen LogP contribution in [0.4, 0.5) is 4.79 Å². The number of unbranched alkanes of at least 4 members (excludes halogenated alkanes) is 2. The van der Waals surface area contributed by atoms with E-state index in [9.17, 15) is 14.4 Å². The Kier molecular flexibility index (Phi) is 9.57. The molecule has 0 bridgehead atoms. The maximum atomic E-state index is 13.1. The molecule has 0 aliphatic carbocycles. The number of urea groups is 1. The van der Waals surface area contributed by atoms with Crippen molar-refractivity contribution in [2.24, 2.45) is 0 Å². The summed E-state index contributed by atoms with van der Waals surface area (Å²) < 4.78 is 4.32. The third kappa shape index (κ3) is 6.69. The van der Waals surface area contributed by atoms with E-state index in [-0.39, 0.29) is 30.4 Å². The average Bonchev–Trinajstić information content (AvgIpc) is 3.22. The highest BCUT2D eigenvalue weighted by molar-refractivity contribution is 8.01. The number of hydrogen-bond acceptors (Lipinski definition) is 7. The SMILES string of the molecule is C=C(NOCCCCNC(=O)[C@@]1(CCCCC(=O)O)SC[C@@H]2NC(=O)N[C@@H]21)OCC. The molecule has 2 saturated heterocycles. The fourth-order valence-electron chi connectivity index (χ4n) is 3.64. The number of nitrogens with one attached hydrogen (secondary N) is 4. The molecule has 0 aromatic carbocycles. The Morgan fingerprint density at radius 1 is 1.30 bits per heavy atom. The van der Waals surface area contributed by atoms with Gasteiger partial charge in [0.1, 0.15) is 4.75 Å². The zero-order valence-corrected chi connectivity index (χ0v) is 18.1. The van der Waals surface area contributed by atoms with Gasteiger partial charge in [-0.25, -0.2) is 10.3 Å². The van der Waals surface area contributed by atoms with Crippen LogP contribution in [0.25, 0.3) is 0 Å². The number of carboxylic acids is 1. The fraction of sp³-hybridized carbons (Fsp3) is 0.737. The number of carbonyl (C=O) groups excluding carboxylic acids is 2. The van der Waals surface area contributed by atoms with Gasteiger partial charge in [0.15, 0.2) is 0 Å². The Hall–Kier alpha value is -2.14. The number of hydroxylamine groups is 1. The number of ether oxygens (including phenoxy) is 1. The summed E-state index contributed by atoms with van der Waals surface area (Å²) in [4.78, 5) is 40.9. The zero-order valence-electron chi connectivity index (χ0n) is 17.3. The summed E-state index contributed by atoms with van der Waals surface area (Å²) in [7, 11) is 0. The fourth-order valence-corrected chi connectivity index (χ4v) is 5.29. The molecule has 30 heavy (non-hydrogen) atoms. The molecule has 2 aliphatic heterocycles. The van der Waals surface area contributed by atoms with Crippen LogP contribution in [-0.2, 0) is 19.2 Å². The molecule has 10 nitrogen and oxygen atoms in total. The van der Waals surface area contributed by atoms with E-state index in [1.807, 2.05) is 6.92 Å². The molecule has 5 N–H and O–H groups in total. The van der Waals surface area contributed by atoms with Gasteiger partial charge >= 0.3 is 12.0 Å². The van der Waals surface area contributed by atoms with Gasteiger partial charge in [0.05, 0.1) is 25.3 Å². The number of aliphatic carboxylic acids is 1. The van der Waals surface area contributed by atoms with Gasteiger partial charge in [-0.15, -0.1) is 11.8 Å². The maximum Gasteiger partial charge on any atom is 0.315 e. The summed E-state index contributed by atoms with van der Waals surface area (Å²) in [5.74, 6) is 0.0560. The van der Waals surface area contributed by atoms with Crippen LogP contribution in [0.1, 0.15) is 45.4 Å². The molecule has 0 radical (unpaired) electrons. The lowest BCUT2D eigenvalue weighted by Crippen LogP contribution is -2.56.